The average Bonchev–Trinajstić information content (AvgIpc) is 2.77. The molecule has 1 N–H and O–H groups in total. The van der Waals surface area contributed by atoms with Gasteiger partial charge < -0.3 is 14.6 Å². The van der Waals surface area contributed by atoms with E-state index in [0.717, 1.165) is 5.56 Å². The molecule has 0 saturated heterocycles. The van der Waals surface area contributed by atoms with Crippen molar-refractivity contribution in [2.75, 3.05) is 7.11 Å². The number of ketones is 1. The number of esters is 1. The number of hydrogen-bond acceptors (Lipinski definition) is 5. The second-order valence-corrected chi connectivity index (χ2v) is 7.05. The van der Waals surface area contributed by atoms with Crippen LogP contribution in [0.4, 0.5) is 0 Å². The van der Waals surface area contributed by atoms with Gasteiger partial charge in [-0.3, -0.25) is 4.79 Å². The number of benzene rings is 3. The predicted octanol–water partition coefficient (Wildman–Crippen LogP) is 4.93. The van der Waals surface area contributed by atoms with Crippen LogP contribution in [-0.4, -0.2) is 29.9 Å². The number of methoxy groups -OCH3 is 1. The van der Waals surface area contributed by atoms with E-state index in [-0.39, 0.29) is 16.9 Å². The lowest BCUT2D eigenvalue weighted by Gasteiger charge is -2.16. The predicted molar refractivity (Wildman–Crippen MR) is 116 cm³/mol. The maximum atomic E-state index is 12.4. The Morgan fingerprint density at radius 1 is 0.903 bits per heavy atom. The molecule has 3 aromatic rings. The van der Waals surface area contributed by atoms with Gasteiger partial charge >= 0.3 is 11.9 Å². The molecule has 158 valence electrons. The zero-order chi connectivity index (χ0) is 22.5. The molecule has 0 aromatic heterocycles. The summed E-state index contributed by atoms with van der Waals surface area (Å²) >= 11 is 0. The molecule has 0 bridgehead atoms. The number of ether oxygens (including phenoxy) is 2. The number of hydrogen-bond donors (Lipinski definition) is 1. The lowest BCUT2D eigenvalue weighted by atomic mass is 9.91. The molecule has 0 saturated carbocycles. The van der Waals surface area contributed by atoms with E-state index in [1.165, 1.54) is 26.2 Å². The smallest absolute Gasteiger partial charge is 0.338 e. The maximum Gasteiger partial charge on any atom is 0.338 e. The van der Waals surface area contributed by atoms with Gasteiger partial charge in [0, 0.05) is 5.56 Å². The lowest BCUT2D eigenvalue weighted by molar-refractivity contribution is 0.0600. The molecule has 0 aliphatic rings. The maximum absolute atomic E-state index is 12.4. The Morgan fingerprint density at radius 3 is 2.23 bits per heavy atom. The fraction of sp³-hybridized carbons (Fsp3) is 0.160. The third-order valence-electron chi connectivity index (χ3n) is 4.90. The van der Waals surface area contributed by atoms with Crippen LogP contribution < -0.4 is 4.74 Å². The van der Waals surface area contributed by atoms with Crippen LogP contribution in [-0.2, 0) is 11.3 Å². The summed E-state index contributed by atoms with van der Waals surface area (Å²) in [5, 5.41) is 9.83. The van der Waals surface area contributed by atoms with Crippen LogP contribution in [0, 0.1) is 6.92 Å². The van der Waals surface area contributed by atoms with Crippen LogP contribution >= 0.6 is 0 Å². The Bertz CT molecular complexity index is 1150. The summed E-state index contributed by atoms with van der Waals surface area (Å²) in [4.78, 5) is 36.2. The minimum atomic E-state index is -1.16. The SMILES string of the molecule is COC(=O)c1cc(C(C)=O)ccc1-c1cc(C)c(OCc2ccccc2)cc1C(=O)O. The van der Waals surface area contributed by atoms with Gasteiger partial charge in [0.15, 0.2) is 5.78 Å². The quantitative estimate of drug-likeness (QED) is 0.432. The van der Waals surface area contributed by atoms with Crippen LogP contribution in [0.15, 0.2) is 60.7 Å². The molecule has 31 heavy (non-hydrogen) atoms. The second kappa shape index (κ2) is 9.26. The molecule has 0 spiro atoms. The molecule has 0 amide bonds. The van der Waals surface area contributed by atoms with Gasteiger partial charge in [-0.05, 0) is 54.3 Å². The number of aryl methyl sites for hydroxylation is 1. The molecule has 3 aromatic carbocycles. The second-order valence-electron chi connectivity index (χ2n) is 7.05. The molecule has 3 rings (SSSR count). The first-order chi connectivity index (χ1) is 14.8. The van der Waals surface area contributed by atoms with Crippen LogP contribution in [0.2, 0.25) is 0 Å². The molecule has 0 unspecified atom stereocenters. The summed E-state index contributed by atoms with van der Waals surface area (Å²) in [6.07, 6.45) is 0. The minimum absolute atomic E-state index is 0.0191. The molecule has 0 atom stereocenters. The summed E-state index contributed by atoms with van der Waals surface area (Å²) < 4.78 is 10.7. The number of carboxylic acid groups (broad SMARTS) is 1. The fourth-order valence-corrected chi connectivity index (χ4v) is 3.26. The number of carbonyl (C=O) groups is 3. The van der Waals surface area contributed by atoms with Gasteiger partial charge in [0.05, 0.1) is 18.2 Å². The van der Waals surface area contributed by atoms with Gasteiger partial charge in [-0.2, -0.15) is 0 Å². The van der Waals surface area contributed by atoms with Crippen LogP contribution in [0.3, 0.4) is 0 Å². The Balaban J connectivity index is 2.09. The topological polar surface area (TPSA) is 89.9 Å². The van der Waals surface area contributed by atoms with Gasteiger partial charge in [0.1, 0.15) is 12.4 Å². The zero-order valence-corrected chi connectivity index (χ0v) is 17.5. The van der Waals surface area contributed by atoms with Crippen molar-refractivity contribution in [1.29, 1.82) is 0 Å². The van der Waals surface area contributed by atoms with Gasteiger partial charge in [0.2, 0.25) is 0 Å². The largest absolute Gasteiger partial charge is 0.489 e. The van der Waals surface area contributed by atoms with E-state index in [1.807, 2.05) is 30.3 Å². The monoisotopic (exact) mass is 418 g/mol. The molecule has 0 aliphatic carbocycles. The molecule has 0 heterocycles. The summed E-state index contributed by atoms with van der Waals surface area (Å²) in [7, 11) is 1.23. The van der Waals surface area contributed by atoms with Crippen molar-refractivity contribution in [2.24, 2.45) is 0 Å². The highest BCUT2D eigenvalue weighted by Crippen LogP contribution is 2.34. The van der Waals surface area contributed by atoms with Gasteiger partial charge in [-0.1, -0.05) is 42.5 Å². The third kappa shape index (κ3) is 4.80. The van der Waals surface area contributed by atoms with Gasteiger partial charge in [0.25, 0.3) is 0 Å². The summed E-state index contributed by atoms with van der Waals surface area (Å²) in [6, 6.07) is 17.2. The van der Waals surface area contributed by atoms with Crippen LogP contribution in [0.25, 0.3) is 11.1 Å². The Kier molecular flexibility index (Phi) is 6.50. The number of carboxylic acids is 1. The molecule has 0 radical (unpaired) electrons. The first-order valence-electron chi connectivity index (χ1n) is 9.60. The van der Waals surface area contributed by atoms with Crippen molar-refractivity contribution in [3.8, 4) is 16.9 Å². The van der Waals surface area contributed by atoms with Crippen LogP contribution in [0.1, 0.15) is 49.1 Å². The zero-order valence-electron chi connectivity index (χ0n) is 17.5. The minimum Gasteiger partial charge on any atom is -0.489 e. The Labute approximate surface area is 180 Å². The van der Waals surface area contributed by atoms with E-state index in [0.29, 0.717) is 34.6 Å². The highest BCUT2D eigenvalue weighted by molar-refractivity contribution is 6.05. The van der Waals surface area contributed by atoms with Gasteiger partial charge in [-0.15, -0.1) is 0 Å². The van der Waals surface area contributed by atoms with Crippen molar-refractivity contribution in [3.63, 3.8) is 0 Å². The third-order valence-corrected chi connectivity index (χ3v) is 4.90. The standard InChI is InChI=1S/C25H22O6/c1-15-11-20(19-10-9-18(16(2)26)12-22(19)25(29)30-3)21(24(27)28)13-23(15)31-14-17-7-5-4-6-8-17/h4-13H,14H2,1-3H3,(H,27,28). The van der Waals surface area contributed by atoms with Crippen molar-refractivity contribution in [3.05, 3.63) is 88.5 Å². The van der Waals surface area contributed by atoms with Gasteiger partial charge in [-0.25, -0.2) is 9.59 Å². The van der Waals surface area contributed by atoms with E-state index in [1.54, 1.807) is 25.1 Å². The molecule has 0 aliphatic heterocycles. The van der Waals surface area contributed by atoms with Crippen molar-refractivity contribution < 1.29 is 29.0 Å². The average molecular weight is 418 g/mol. The highest BCUT2D eigenvalue weighted by Gasteiger charge is 2.22. The first kappa shape index (κ1) is 21.8. The fourth-order valence-electron chi connectivity index (χ4n) is 3.26. The number of Topliss-reactive ketones (excluding diaryl/α,β-unsaturated/α-hetero) is 1. The lowest BCUT2D eigenvalue weighted by Crippen LogP contribution is -2.09. The highest BCUT2D eigenvalue weighted by atomic mass is 16.5. The van der Waals surface area contributed by atoms with Crippen molar-refractivity contribution in [2.45, 2.75) is 20.5 Å². The summed E-state index contributed by atoms with van der Waals surface area (Å²) in [5.41, 5.74) is 2.81. The van der Waals surface area contributed by atoms with Crippen molar-refractivity contribution >= 4 is 17.7 Å². The summed E-state index contributed by atoms with van der Waals surface area (Å²) in [5.74, 6) is -1.59. The number of rotatable bonds is 7. The molecule has 6 heteroatoms. The molecular weight excluding hydrogens is 396 g/mol. The Morgan fingerprint density at radius 2 is 1.61 bits per heavy atom. The van der Waals surface area contributed by atoms with E-state index < -0.39 is 11.9 Å². The van der Waals surface area contributed by atoms with Crippen LogP contribution in [0.5, 0.6) is 5.75 Å². The van der Waals surface area contributed by atoms with E-state index in [9.17, 15) is 19.5 Å². The Hall–Kier alpha value is -3.93. The molecular formula is C25H22O6. The normalized spacial score (nSPS) is 10.4. The van der Waals surface area contributed by atoms with E-state index in [4.69, 9.17) is 9.47 Å². The van der Waals surface area contributed by atoms with E-state index >= 15 is 0 Å². The van der Waals surface area contributed by atoms with Crippen molar-refractivity contribution in [1.82, 2.24) is 0 Å². The molecule has 0 fully saturated rings. The summed E-state index contributed by atoms with van der Waals surface area (Å²) in [6.45, 7) is 3.49. The molecule has 6 nitrogen and oxygen atoms in total. The van der Waals surface area contributed by atoms with E-state index in [2.05, 4.69) is 0 Å². The first-order valence-corrected chi connectivity index (χ1v) is 9.60. The number of carbonyl (C=O) groups excluding carboxylic acids is 2. The number of aromatic carboxylic acids is 1.